The highest BCUT2D eigenvalue weighted by atomic mass is 16.5. The van der Waals surface area contributed by atoms with Gasteiger partial charge in [-0.2, -0.15) is 0 Å². The summed E-state index contributed by atoms with van der Waals surface area (Å²) in [6.07, 6.45) is 18.2. The molecule has 222 valence electrons. The summed E-state index contributed by atoms with van der Waals surface area (Å²) in [5.41, 5.74) is -0.0626. The average Bonchev–Trinajstić information content (AvgIpc) is 2.89. The highest BCUT2D eigenvalue weighted by Gasteiger charge is 2.21. The van der Waals surface area contributed by atoms with Gasteiger partial charge in [-0.15, -0.1) is 0 Å². The van der Waals surface area contributed by atoms with Crippen molar-refractivity contribution < 1.29 is 29.0 Å². The maximum absolute atomic E-state index is 12.7. The second-order valence-corrected chi connectivity index (χ2v) is 11.7. The maximum atomic E-state index is 12.7. The first-order valence-corrected chi connectivity index (χ1v) is 15.4. The van der Waals surface area contributed by atoms with Crippen LogP contribution in [-0.2, 0) is 9.47 Å². The molecule has 0 fully saturated rings. The number of hydrogen-bond donors (Lipinski definition) is 1. The zero-order chi connectivity index (χ0) is 28.9. The van der Waals surface area contributed by atoms with Crippen molar-refractivity contribution in [3.8, 4) is 0 Å². The number of rotatable bonds is 23. The molecule has 0 saturated carbocycles. The predicted octanol–water partition coefficient (Wildman–Crippen LogP) is 9.25. The molecule has 1 aromatic carbocycles. The molecule has 0 bridgehead atoms. The van der Waals surface area contributed by atoms with Gasteiger partial charge in [-0.05, 0) is 42.9 Å². The largest absolute Gasteiger partial charge is 0.478 e. The van der Waals surface area contributed by atoms with Gasteiger partial charge < -0.3 is 14.6 Å². The Hall–Kier alpha value is -2.37. The van der Waals surface area contributed by atoms with Gasteiger partial charge in [-0.25, -0.2) is 14.4 Å². The molecular formula is C33H54O6. The fraction of sp³-hybridized carbons (Fsp3) is 0.727. The predicted molar refractivity (Wildman–Crippen MR) is 158 cm³/mol. The zero-order valence-electron chi connectivity index (χ0n) is 25.1. The number of hydrogen-bond acceptors (Lipinski definition) is 5. The first kappa shape index (κ1) is 34.7. The molecule has 1 aromatic rings. The van der Waals surface area contributed by atoms with Crippen molar-refractivity contribution in [2.24, 2.45) is 11.8 Å². The second-order valence-electron chi connectivity index (χ2n) is 11.7. The third-order valence-electron chi connectivity index (χ3n) is 7.02. The van der Waals surface area contributed by atoms with E-state index >= 15 is 0 Å². The number of esters is 2. The first-order valence-electron chi connectivity index (χ1n) is 15.4. The number of carboxylic acids is 1. The maximum Gasteiger partial charge on any atom is 0.339 e. The Balaban J connectivity index is 2.39. The van der Waals surface area contributed by atoms with E-state index in [2.05, 4.69) is 27.7 Å². The Kier molecular flexibility index (Phi) is 19.1. The van der Waals surface area contributed by atoms with Crippen LogP contribution in [0, 0.1) is 11.8 Å². The molecule has 0 saturated heterocycles. The number of ether oxygens (including phenoxy) is 2. The summed E-state index contributed by atoms with van der Waals surface area (Å²) in [6, 6.07) is 3.87. The van der Waals surface area contributed by atoms with Crippen molar-refractivity contribution in [3.63, 3.8) is 0 Å². The van der Waals surface area contributed by atoms with Crippen LogP contribution in [0.4, 0.5) is 0 Å². The van der Waals surface area contributed by atoms with Gasteiger partial charge in [0.2, 0.25) is 0 Å². The number of carboxylic acid groups (broad SMARTS) is 1. The van der Waals surface area contributed by atoms with Crippen LogP contribution in [-0.4, -0.2) is 36.2 Å². The Morgan fingerprint density at radius 2 is 0.974 bits per heavy atom. The highest BCUT2D eigenvalue weighted by Crippen LogP contribution is 2.17. The Morgan fingerprint density at radius 1 is 0.590 bits per heavy atom. The van der Waals surface area contributed by atoms with Gasteiger partial charge in [0.1, 0.15) is 0 Å². The molecule has 0 atom stereocenters. The van der Waals surface area contributed by atoms with Crippen LogP contribution in [0.25, 0.3) is 0 Å². The highest BCUT2D eigenvalue weighted by molar-refractivity contribution is 6.05. The van der Waals surface area contributed by atoms with Gasteiger partial charge in [-0.1, -0.05) is 118 Å². The molecule has 0 aliphatic carbocycles. The molecule has 0 aliphatic heterocycles. The minimum absolute atomic E-state index is 0.0496. The van der Waals surface area contributed by atoms with Gasteiger partial charge in [0, 0.05) is 0 Å². The summed E-state index contributed by atoms with van der Waals surface area (Å²) < 4.78 is 10.8. The number of aromatic carboxylic acids is 1. The average molecular weight is 547 g/mol. The lowest BCUT2D eigenvalue weighted by Gasteiger charge is -2.11. The summed E-state index contributed by atoms with van der Waals surface area (Å²) in [7, 11) is 0. The van der Waals surface area contributed by atoms with Crippen molar-refractivity contribution in [2.75, 3.05) is 13.2 Å². The number of unbranched alkanes of at least 4 members (excludes halogenated alkanes) is 12. The molecule has 0 aliphatic rings. The fourth-order valence-electron chi connectivity index (χ4n) is 4.59. The minimum Gasteiger partial charge on any atom is -0.478 e. The van der Waals surface area contributed by atoms with Gasteiger partial charge in [0.05, 0.1) is 29.9 Å². The summed E-state index contributed by atoms with van der Waals surface area (Å²) in [6.45, 7) is 9.54. The topological polar surface area (TPSA) is 89.9 Å². The smallest absolute Gasteiger partial charge is 0.339 e. The van der Waals surface area contributed by atoms with Gasteiger partial charge in [0.25, 0.3) is 0 Å². The summed E-state index contributed by atoms with van der Waals surface area (Å²) in [5, 5.41) is 9.35. The molecule has 0 heterocycles. The number of carbonyl (C=O) groups is 3. The summed E-state index contributed by atoms with van der Waals surface area (Å²) >= 11 is 0. The van der Waals surface area contributed by atoms with Crippen LogP contribution in [0.5, 0.6) is 0 Å². The van der Waals surface area contributed by atoms with Crippen LogP contribution in [0.15, 0.2) is 18.2 Å². The van der Waals surface area contributed by atoms with Crippen molar-refractivity contribution in [2.45, 2.75) is 130 Å². The van der Waals surface area contributed by atoms with Crippen molar-refractivity contribution in [1.82, 2.24) is 0 Å². The molecule has 39 heavy (non-hydrogen) atoms. The van der Waals surface area contributed by atoms with E-state index in [1.54, 1.807) is 0 Å². The molecule has 1 N–H and O–H groups in total. The fourth-order valence-corrected chi connectivity index (χ4v) is 4.59. The van der Waals surface area contributed by atoms with E-state index in [9.17, 15) is 19.5 Å². The van der Waals surface area contributed by atoms with E-state index in [0.29, 0.717) is 0 Å². The molecule has 0 radical (unpaired) electrons. The van der Waals surface area contributed by atoms with E-state index in [-0.39, 0.29) is 29.9 Å². The lowest BCUT2D eigenvalue weighted by Crippen LogP contribution is -2.16. The van der Waals surface area contributed by atoms with E-state index in [1.807, 2.05) is 0 Å². The van der Waals surface area contributed by atoms with E-state index in [0.717, 1.165) is 50.4 Å². The van der Waals surface area contributed by atoms with Crippen LogP contribution in [0.2, 0.25) is 0 Å². The van der Waals surface area contributed by atoms with Gasteiger partial charge >= 0.3 is 17.9 Å². The number of carbonyl (C=O) groups excluding carboxylic acids is 2. The SMILES string of the molecule is CC(C)CCCCCCCCCOC(=O)c1ccc(C(=O)O)cc1C(=O)OCCCCCCCCCC(C)C. The Bertz CT molecular complexity index is 829. The van der Waals surface area contributed by atoms with E-state index in [4.69, 9.17) is 9.47 Å². The van der Waals surface area contributed by atoms with Crippen LogP contribution >= 0.6 is 0 Å². The van der Waals surface area contributed by atoms with Crippen LogP contribution < -0.4 is 0 Å². The monoisotopic (exact) mass is 546 g/mol. The molecule has 0 spiro atoms. The molecule has 0 aromatic heterocycles. The molecule has 6 nitrogen and oxygen atoms in total. The Labute approximate surface area is 237 Å². The third-order valence-corrected chi connectivity index (χ3v) is 7.02. The molecule has 0 amide bonds. The van der Waals surface area contributed by atoms with Gasteiger partial charge in [0.15, 0.2) is 0 Å². The Morgan fingerprint density at radius 3 is 1.38 bits per heavy atom. The lowest BCUT2D eigenvalue weighted by atomic mass is 10.0. The number of benzene rings is 1. The third kappa shape index (κ3) is 17.0. The molecule has 0 unspecified atom stereocenters. The lowest BCUT2D eigenvalue weighted by molar-refractivity contribution is 0.0450. The summed E-state index contributed by atoms with van der Waals surface area (Å²) in [4.78, 5) is 36.9. The van der Waals surface area contributed by atoms with Crippen molar-refractivity contribution in [1.29, 1.82) is 0 Å². The standard InChI is InChI=1S/C33H54O6/c1-26(2)19-15-11-7-5-9-13-17-23-38-32(36)29-22-21-28(31(34)35)25-30(29)33(37)39-24-18-14-10-6-8-12-16-20-27(3)4/h21-22,25-27H,5-20,23-24H2,1-4H3,(H,34,35). The van der Waals surface area contributed by atoms with Crippen LogP contribution in [0.1, 0.15) is 162 Å². The quantitative estimate of drug-likeness (QED) is 0.109. The zero-order valence-corrected chi connectivity index (χ0v) is 25.1. The molecular weight excluding hydrogens is 492 g/mol. The van der Waals surface area contributed by atoms with Gasteiger partial charge in [-0.3, -0.25) is 0 Å². The summed E-state index contributed by atoms with van der Waals surface area (Å²) in [5.74, 6) is -0.934. The first-order chi connectivity index (χ1) is 18.7. The van der Waals surface area contributed by atoms with Crippen molar-refractivity contribution >= 4 is 17.9 Å². The normalized spacial score (nSPS) is 11.2. The van der Waals surface area contributed by atoms with E-state index < -0.39 is 17.9 Å². The minimum atomic E-state index is -1.17. The second kappa shape index (κ2) is 21.5. The molecule has 6 heteroatoms. The van der Waals surface area contributed by atoms with E-state index in [1.165, 1.54) is 82.4 Å². The van der Waals surface area contributed by atoms with Crippen LogP contribution in [0.3, 0.4) is 0 Å². The molecule has 1 rings (SSSR count). The van der Waals surface area contributed by atoms with Crippen molar-refractivity contribution in [3.05, 3.63) is 34.9 Å².